The molecule has 1 saturated carbocycles. The lowest BCUT2D eigenvalue weighted by Crippen LogP contribution is -2.40. The van der Waals surface area contributed by atoms with Gasteiger partial charge in [-0.3, -0.25) is 9.32 Å². The molecule has 1 saturated heterocycles. The molecule has 3 heterocycles. The molecule has 216 valence electrons. The summed E-state index contributed by atoms with van der Waals surface area (Å²) < 4.78 is 39.5. The van der Waals surface area contributed by atoms with Crippen molar-refractivity contribution < 1.29 is 27.9 Å². The van der Waals surface area contributed by atoms with Crippen LogP contribution in [0, 0.1) is 0 Å². The van der Waals surface area contributed by atoms with Crippen molar-refractivity contribution in [2.24, 2.45) is 5.73 Å². The van der Waals surface area contributed by atoms with Crippen molar-refractivity contribution >= 4 is 25.1 Å². The van der Waals surface area contributed by atoms with Gasteiger partial charge in [-0.1, -0.05) is 18.2 Å². The fourth-order valence-corrected chi connectivity index (χ4v) is 6.73. The van der Waals surface area contributed by atoms with Gasteiger partial charge in [-0.25, -0.2) is 14.1 Å². The monoisotopic (exact) mass is 572 g/mol. The molecule has 5 rings (SSSR count). The number of carbonyl (C=O) groups is 1. The van der Waals surface area contributed by atoms with Gasteiger partial charge >= 0.3 is 13.7 Å². The average Bonchev–Trinajstić information content (AvgIpc) is 3.54. The first-order chi connectivity index (χ1) is 19.1. The van der Waals surface area contributed by atoms with E-state index in [4.69, 9.17) is 30.0 Å². The highest BCUT2D eigenvalue weighted by Crippen LogP contribution is 2.48. The molecule has 4 atom stereocenters. The van der Waals surface area contributed by atoms with Gasteiger partial charge < -0.3 is 25.5 Å². The number of nitrogens with two attached hydrogens (primary N) is 2. The Labute approximate surface area is 233 Å². The fourth-order valence-electron chi connectivity index (χ4n) is 5.12. The van der Waals surface area contributed by atoms with E-state index in [1.165, 1.54) is 6.33 Å². The summed E-state index contributed by atoms with van der Waals surface area (Å²) in [4.78, 5) is 16.9. The molecular formula is C27H37N6O6P. The summed E-state index contributed by atoms with van der Waals surface area (Å²) in [7, 11) is -4.03. The van der Waals surface area contributed by atoms with E-state index in [0.717, 1.165) is 18.5 Å². The average molecular weight is 573 g/mol. The lowest BCUT2D eigenvalue weighted by Gasteiger charge is -2.30. The number of nitrogens with one attached hydrogen (secondary N) is 1. The summed E-state index contributed by atoms with van der Waals surface area (Å²) in [6.45, 7) is 3.43. The van der Waals surface area contributed by atoms with E-state index in [2.05, 4.69) is 15.2 Å². The van der Waals surface area contributed by atoms with Gasteiger partial charge in [0.15, 0.2) is 5.82 Å². The van der Waals surface area contributed by atoms with Gasteiger partial charge in [0.2, 0.25) is 0 Å². The molecule has 0 bridgehead atoms. The molecule has 1 aliphatic carbocycles. The Bertz CT molecular complexity index is 1360. The first-order valence-corrected chi connectivity index (χ1v) is 15.2. The third-order valence-electron chi connectivity index (χ3n) is 7.42. The first-order valence-electron chi connectivity index (χ1n) is 13.6. The first kappa shape index (κ1) is 28.5. The van der Waals surface area contributed by atoms with Crippen LogP contribution in [0.4, 0.5) is 5.82 Å². The van der Waals surface area contributed by atoms with E-state index in [9.17, 15) is 9.36 Å². The molecule has 0 spiro atoms. The number of rotatable bonds is 10. The largest absolute Gasteiger partial charge is 0.461 e. The van der Waals surface area contributed by atoms with Crippen LogP contribution in [-0.4, -0.2) is 51.0 Å². The van der Waals surface area contributed by atoms with E-state index in [1.54, 1.807) is 35.7 Å². The molecule has 1 aromatic carbocycles. The molecule has 1 unspecified atom stereocenters. The lowest BCUT2D eigenvalue weighted by atomic mass is 9.94. The molecule has 2 fully saturated rings. The van der Waals surface area contributed by atoms with Gasteiger partial charge in [-0.2, -0.15) is 10.2 Å². The summed E-state index contributed by atoms with van der Waals surface area (Å²) in [6, 6.07) is 11.6. The number of anilines is 1. The van der Waals surface area contributed by atoms with Gasteiger partial charge in [-0.15, -0.1) is 0 Å². The van der Waals surface area contributed by atoms with Gasteiger partial charge in [0.25, 0.3) is 0 Å². The third-order valence-corrected chi connectivity index (χ3v) is 9.04. The highest BCUT2D eigenvalue weighted by atomic mass is 31.2. The number of hydrogen-bond acceptors (Lipinski definition) is 10. The number of para-hydroxylation sites is 1. The predicted molar refractivity (Wildman–Crippen MR) is 148 cm³/mol. The van der Waals surface area contributed by atoms with Crippen molar-refractivity contribution in [2.75, 3.05) is 12.3 Å². The Morgan fingerprint density at radius 2 is 1.95 bits per heavy atom. The molecular weight excluding hydrogens is 535 g/mol. The Morgan fingerprint density at radius 1 is 1.20 bits per heavy atom. The number of aromatic nitrogens is 3. The third kappa shape index (κ3) is 6.64. The van der Waals surface area contributed by atoms with Crippen LogP contribution < -0.4 is 21.1 Å². The second-order valence-electron chi connectivity index (χ2n) is 10.8. The zero-order valence-corrected chi connectivity index (χ0v) is 23.7. The minimum atomic E-state index is -4.03. The maximum atomic E-state index is 14.0. The standard InChI is InChI=1S/C27H37N6O6P/c1-18(26(34)37-20-10-8-19(28)9-11-20)32-40(35,39-21-6-4-3-5-7-21)36-16-27(2)15-14-24(38-27)22-12-13-23-25(29)30-17-31-33(22)23/h3-7,12-13,17-20,24H,8-11,14-16,28H2,1-2H3,(H,32,35)(H2,29,30,31)/t18-,19-,20-,24+,27-,40?/m0/s1. The van der Waals surface area contributed by atoms with E-state index in [0.29, 0.717) is 42.8 Å². The summed E-state index contributed by atoms with van der Waals surface area (Å²) in [5, 5.41) is 7.08. The molecule has 12 nitrogen and oxygen atoms in total. The van der Waals surface area contributed by atoms with Crippen LogP contribution >= 0.6 is 7.75 Å². The Hall–Kier alpha value is -3.02. The molecule has 2 aliphatic rings. The van der Waals surface area contributed by atoms with Crippen LogP contribution in [0.1, 0.15) is 64.2 Å². The highest BCUT2D eigenvalue weighted by Gasteiger charge is 2.42. The van der Waals surface area contributed by atoms with E-state index < -0.39 is 25.4 Å². The molecule has 0 amide bonds. The van der Waals surface area contributed by atoms with Crippen molar-refractivity contribution in [1.82, 2.24) is 19.7 Å². The van der Waals surface area contributed by atoms with Gasteiger partial charge in [0.1, 0.15) is 35.8 Å². The van der Waals surface area contributed by atoms with E-state index in [-0.39, 0.29) is 24.9 Å². The molecule has 2 aromatic heterocycles. The van der Waals surface area contributed by atoms with Gasteiger partial charge in [-0.05, 0) is 76.6 Å². The van der Waals surface area contributed by atoms with Crippen LogP contribution in [0.5, 0.6) is 5.75 Å². The van der Waals surface area contributed by atoms with E-state index in [1.807, 2.05) is 25.1 Å². The fraction of sp³-hybridized carbons (Fsp3) is 0.519. The topological polar surface area (TPSA) is 165 Å². The number of hydrogen-bond donors (Lipinski definition) is 3. The minimum Gasteiger partial charge on any atom is -0.461 e. The Balaban J connectivity index is 1.25. The van der Waals surface area contributed by atoms with Gasteiger partial charge in [0, 0.05) is 6.04 Å². The quantitative estimate of drug-likeness (QED) is 0.238. The lowest BCUT2D eigenvalue weighted by molar-refractivity contribution is -0.152. The number of fused-ring (bicyclic) bond motifs is 1. The molecule has 13 heteroatoms. The normalized spacial score (nSPS) is 27.2. The molecule has 1 aliphatic heterocycles. The number of nitrogens with zero attached hydrogens (tertiary/aromatic N) is 3. The summed E-state index contributed by atoms with van der Waals surface area (Å²) in [6.07, 6.45) is 5.28. The summed E-state index contributed by atoms with van der Waals surface area (Å²) in [5.41, 5.74) is 12.7. The summed E-state index contributed by atoms with van der Waals surface area (Å²) >= 11 is 0. The SMILES string of the molecule is C[C@H](NP(=O)(OC[C@]1(C)CC[C@H](c2ccc3c(N)ncnn23)O1)Oc1ccccc1)C(=O)O[C@H]1CC[C@H](N)CC1. The molecule has 40 heavy (non-hydrogen) atoms. The maximum absolute atomic E-state index is 14.0. The van der Waals surface area contributed by atoms with Crippen LogP contribution in [-0.2, 0) is 23.4 Å². The van der Waals surface area contributed by atoms with Crippen molar-refractivity contribution in [3.8, 4) is 5.75 Å². The van der Waals surface area contributed by atoms with Crippen LogP contribution in [0.2, 0.25) is 0 Å². The Kier molecular flexibility index (Phi) is 8.44. The number of carbonyl (C=O) groups excluding carboxylic acids is 1. The number of esters is 1. The van der Waals surface area contributed by atoms with Crippen molar-refractivity contribution in [3.63, 3.8) is 0 Å². The van der Waals surface area contributed by atoms with Crippen LogP contribution in [0.25, 0.3) is 5.52 Å². The van der Waals surface area contributed by atoms with Gasteiger partial charge in [0.05, 0.1) is 17.9 Å². The number of nitrogen functional groups attached to an aromatic ring is 1. The highest BCUT2D eigenvalue weighted by molar-refractivity contribution is 7.52. The number of benzene rings is 1. The zero-order chi connectivity index (χ0) is 28.3. The predicted octanol–water partition coefficient (Wildman–Crippen LogP) is 3.92. The Morgan fingerprint density at radius 3 is 2.70 bits per heavy atom. The van der Waals surface area contributed by atoms with Crippen molar-refractivity contribution in [1.29, 1.82) is 0 Å². The van der Waals surface area contributed by atoms with Crippen LogP contribution in [0.3, 0.4) is 0 Å². The summed E-state index contributed by atoms with van der Waals surface area (Å²) in [5.74, 6) is 0.202. The maximum Gasteiger partial charge on any atom is 0.459 e. The van der Waals surface area contributed by atoms with E-state index >= 15 is 0 Å². The number of ether oxygens (including phenoxy) is 2. The smallest absolute Gasteiger partial charge is 0.459 e. The molecule has 0 radical (unpaired) electrons. The zero-order valence-electron chi connectivity index (χ0n) is 22.8. The molecule has 5 N–H and O–H groups in total. The second-order valence-corrected chi connectivity index (χ2v) is 12.5. The van der Waals surface area contributed by atoms with Crippen molar-refractivity contribution in [3.05, 3.63) is 54.5 Å². The minimum absolute atomic E-state index is 0.0384. The van der Waals surface area contributed by atoms with Crippen molar-refractivity contribution in [2.45, 2.75) is 82.3 Å². The molecule has 3 aromatic rings. The van der Waals surface area contributed by atoms with Crippen LogP contribution in [0.15, 0.2) is 48.8 Å². The second kappa shape index (κ2) is 11.8.